The van der Waals surface area contributed by atoms with Gasteiger partial charge in [0.15, 0.2) is 0 Å². The minimum atomic E-state index is -0.270. The van der Waals surface area contributed by atoms with E-state index in [1.54, 1.807) is 11.3 Å². The molecule has 0 N–H and O–H groups in total. The molecule has 0 saturated heterocycles. The van der Waals surface area contributed by atoms with E-state index in [4.69, 9.17) is 4.74 Å². The number of esters is 1. The van der Waals surface area contributed by atoms with Gasteiger partial charge in [-0.05, 0) is 30.0 Å². The molecule has 1 aromatic heterocycles. The Bertz CT molecular complexity index is 485. The van der Waals surface area contributed by atoms with Gasteiger partial charge in [0, 0.05) is 10.1 Å². The van der Waals surface area contributed by atoms with Crippen molar-refractivity contribution in [3.63, 3.8) is 0 Å². The van der Waals surface area contributed by atoms with Crippen LogP contribution >= 0.6 is 11.3 Å². The average molecular weight is 206 g/mol. The predicted octanol–water partition coefficient (Wildman–Crippen LogP) is 3.00. The molecule has 0 unspecified atom stereocenters. The predicted molar refractivity (Wildman–Crippen MR) is 57.9 cm³/mol. The SMILES string of the molecule is COC(=O)c1ccc(C)c2sccc12. The Balaban J connectivity index is 2.72. The number of rotatable bonds is 1. The first-order valence-corrected chi connectivity index (χ1v) is 5.17. The van der Waals surface area contributed by atoms with Gasteiger partial charge >= 0.3 is 5.97 Å². The number of benzene rings is 1. The molecule has 1 heterocycles. The minimum Gasteiger partial charge on any atom is -0.465 e. The Morgan fingerprint density at radius 2 is 2.14 bits per heavy atom. The van der Waals surface area contributed by atoms with Gasteiger partial charge in [0.25, 0.3) is 0 Å². The third-order valence-electron chi connectivity index (χ3n) is 2.22. The zero-order valence-corrected chi connectivity index (χ0v) is 8.85. The lowest BCUT2D eigenvalue weighted by molar-refractivity contribution is 0.0603. The van der Waals surface area contributed by atoms with E-state index in [2.05, 4.69) is 0 Å². The average Bonchev–Trinajstić information content (AvgIpc) is 2.67. The standard InChI is InChI=1S/C11H10O2S/c1-7-3-4-9(11(12)13-2)8-5-6-14-10(7)8/h3-6H,1-2H3. The van der Waals surface area contributed by atoms with Crippen molar-refractivity contribution in [2.24, 2.45) is 0 Å². The fourth-order valence-electron chi connectivity index (χ4n) is 1.49. The molecule has 0 bridgehead atoms. The molecule has 2 nitrogen and oxygen atoms in total. The molecule has 0 saturated carbocycles. The normalized spacial score (nSPS) is 10.4. The maximum Gasteiger partial charge on any atom is 0.338 e. The quantitative estimate of drug-likeness (QED) is 0.670. The van der Waals surface area contributed by atoms with E-state index >= 15 is 0 Å². The van der Waals surface area contributed by atoms with Gasteiger partial charge in [0.1, 0.15) is 0 Å². The molecule has 72 valence electrons. The fourth-order valence-corrected chi connectivity index (χ4v) is 2.39. The highest BCUT2D eigenvalue weighted by Gasteiger charge is 2.11. The molecule has 0 fully saturated rings. The number of thiophene rings is 1. The van der Waals surface area contributed by atoms with E-state index in [1.807, 2.05) is 30.5 Å². The van der Waals surface area contributed by atoms with Gasteiger partial charge < -0.3 is 4.74 Å². The van der Waals surface area contributed by atoms with Crippen LogP contribution in [0.5, 0.6) is 0 Å². The minimum absolute atomic E-state index is 0.270. The lowest BCUT2D eigenvalue weighted by atomic mass is 10.1. The summed E-state index contributed by atoms with van der Waals surface area (Å²) in [6.07, 6.45) is 0. The molecule has 0 spiro atoms. The van der Waals surface area contributed by atoms with Crippen LogP contribution in [-0.2, 0) is 4.74 Å². The highest BCUT2D eigenvalue weighted by molar-refractivity contribution is 7.17. The van der Waals surface area contributed by atoms with Crippen LogP contribution in [0, 0.1) is 6.92 Å². The van der Waals surface area contributed by atoms with Crippen molar-refractivity contribution in [3.8, 4) is 0 Å². The summed E-state index contributed by atoms with van der Waals surface area (Å²) in [5.74, 6) is -0.270. The van der Waals surface area contributed by atoms with Gasteiger partial charge in [0.2, 0.25) is 0 Å². The molecule has 14 heavy (non-hydrogen) atoms. The first-order valence-electron chi connectivity index (χ1n) is 4.29. The number of hydrogen-bond acceptors (Lipinski definition) is 3. The fraction of sp³-hybridized carbons (Fsp3) is 0.182. The van der Waals surface area contributed by atoms with Crippen molar-refractivity contribution < 1.29 is 9.53 Å². The molecular weight excluding hydrogens is 196 g/mol. The van der Waals surface area contributed by atoms with Gasteiger partial charge in [-0.1, -0.05) is 6.07 Å². The number of methoxy groups -OCH3 is 1. The number of hydrogen-bond donors (Lipinski definition) is 0. The summed E-state index contributed by atoms with van der Waals surface area (Å²) in [5, 5.41) is 2.98. The molecule has 0 radical (unpaired) electrons. The summed E-state index contributed by atoms with van der Waals surface area (Å²) in [6, 6.07) is 5.72. The van der Waals surface area contributed by atoms with E-state index in [0.29, 0.717) is 5.56 Å². The molecule has 3 heteroatoms. The Morgan fingerprint density at radius 1 is 1.36 bits per heavy atom. The molecule has 0 amide bonds. The lowest BCUT2D eigenvalue weighted by Crippen LogP contribution is -2.01. The van der Waals surface area contributed by atoms with E-state index in [0.717, 1.165) is 10.1 Å². The smallest absolute Gasteiger partial charge is 0.338 e. The van der Waals surface area contributed by atoms with Crippen molar-refractivity contribution in [2.75, 3.05) is 7.11 Å². The Hall–Kier alpha value is -1.35. The second-order valence-electron chi connectivity index (χ2n) is 3.09. The van der Waals surface area contributed by atoms with E-state index in [9.17, 15) is 4.79 Å². The zero-order chi connectivity index (χ0) is 10.1. The number of carbonyl (C=O) groups is 1. The van der Waals surface area contributed by atoms with Gasteiger partial charge in [0.05, 0.1) is 12.7 Å². The summed E-state index contributed by atoms with van der Waals surface area (Å²) in [6.45, 7) is 2.04. The highest BCUT2D eigenvalue weighted by atomic mass is 32.1. The Kier molecular flexibility index (Phi) is 2.25. The summed E-state index contributed by atoms with van der Waals surface area (Å²) in [7, 11) is 1.40. The van der Waals surface area contributed by atoms with Gasteiger partial charge in [-0.3, -0.25) is 0 Å². The van der Waals surface area contributed by atoms with Crippen LogP contribution < -0.4 is 0 Å². The molecule has 0 aliphatic heterocycles. The molecule has 2 aromatic rings. The van der Waals surface area contributed by atoms with Crippen LogP contribution in [0.1, 0.15) is 15.9 Å². The number of fused-ring (bicyclic) bond motifs is 1. The van der Waals surface area contributed by atoms with Crippen LogP contribution in [0.3, 0.4) is 0 Å². The van der Waals surface area contributed by atoms with Crippen molar-refractivity contribution in [3.05, 3.63) is 34.7 Å². The van der Waals surface area contributed by atoms with Gasteiger partial charge in [-0.2, -0.15) is 0 Å². The molecule has 0 aliphatic rings. The Labute approximate surface area is 86.1 Å². The molecule has 2 rings (SSSR count). The van der Waals surface area contributed by atoms with E-state index in [1.165, 1.54) is 12.7 Å². The summed E-state index contributed by atoms with van der Waals surface area (Å²) >= 11 is 1.65. The van der Waals surface area contributed by atoms with Crippen LogP contribution in [0.4, 0.5) is 0 Å². The van der Waals surface area contributed by atoms with Crippen LogP contribution in [-0.4, -0.2) is 13.1 Å². The largest absolute Gasteiger partial charge is 0.465 e. The van der Waals surface area contributed by atoms with Crippen LogP contribution in [0.2, 0.25) is 0 Å². The maximum absolute atomic E-state index is 11.4. The summed E-state index contributed by atoms with van der Waals surface area (Å²) in [4.78, 5) is 11.4. The van der Waals surface area contributed by atoms with E-state index in [-0.39, 0.29) is 5.97 Å². The Morgan fingerprint density at radius 3 is 2.86 bits per heavy atom. The van der Waals surface area contributed by atoms with Crippen LogP contribution in [0.25, 0.3) is 10.1 Å². The summed E-state index contributed by atoms with van der Waals surface area (Å²) < 4.78 is 5.88. The first-order chi connectivity index (χ1) is 6.74. The second kappa shape index (κ2) is 3.42. The first kappa shape index (κ1) is 9.21. The number of aryl methyl sites for hydroxylation is 1. The molecular formula is C11H10O2S. The third-order valence-corrected chi connectivity index (χ3v) is 3.27. The van der Waals surface area contributed by atoms with Gasteiger partial charge in [-0.25, -0.2) is 4.79 Å². The number of ether oxygens (including phenoxy) is 1. The molecule has 0 aliphatic carbocycles. The highest BCUT2D eigenvalue weighted by Crippen LogP contribution is 2.27. The van der Waals surface area contributed by atoms with Crippen LogP contribution in [0.15, 0.2) is 23.6 Å². The van der Waals surface area contributed by atoms with Crippen molar-refractivity contribution in [2.45, 2.75) is 6.92 Å². The van der Waals surface area contributed by atoms with Crippen molar-refractivity contribution >= 4 is 27.4 Å². The summed E-state index contributed by atoms with van der Waals surface area (Å²) in [5.41, 5.74) is 1.84. The van der Waals surface area contributed by atoms with Crippen molar-refractivity contribution in [1.29, 1.82) is 0 Å². The lowest BCUT2D eigenvalue weighted by Gasteiger charge is -2.02. The topological polar surface area (TPSA) is 26.3 Å². The molecule has 0 atom stereocenters. The number of carbonyl (C=O) groups excluding carboxylic acids is 1. The van der Waals surface area contributed by atoms with E-state index < -0.39 is 0 Å². The third kappa shape index (κ3) is 1.30. The van der Waals surface area contributed by atoms with Gasteiger partial charge in [-0.15, -0.1) is 11.3 Å². The maximum atomic E-state index is 11.4. The molecule has 1 aromatic carbocycles. The zero-order valence-electron chi connectivity index (χ0n) is 8.03. The van der Waals surface area contributed by atoms with Crippen molar-refractivity contribution in [1.82, 2.24) is 0 Å². The second-order valence-corrected chi connectivity index (χ2v) is 4.00. The monoisotopic (exact) mass is 206 g/mol.